The minimum absolute atomic E-state index is 0.731. The molecular formula is C14H15ClN2. The SMILES string of the molecule is N=CC1=C(Cl)/C(=C/Nc2ccccc2)CCC1. The molecule has 88 valence electrons. The van der Waals surface area contributed by atoms with Gasteiger partial charge in [0.05, 0.1) is 0 Å². The first kappa shape index (κ1) is 11.9. The topological polar surface area (TPSA) is 35.9 Å². The molecule has 1 aromatic rings. The van der Waals surface area contributed by atoms with Crippen LogP contribution in [0.3, 0.4) is 0 Å². The third kappa shape index (κ3) is 2.98. The summed E-state index contributed by atoms with van der Waals surface area (Å²) in [7, 11) is 0. The van der Waals surface area contributed by atoms with Gasteiger partial charge in [0.15, 0.2) is 0 Å². The van der Waals surface area contributed by atoms with Crippen molar-refractivity contribution in [3.05, 3.63) is 52.7 Å². The van der Waals surface area contributed by atoms with E-state index in [1.807, 2.05) is 36.5 Å². The molecule has 0 aliphatic heterocycles. The maximum Gasteiger partial charge on any atom is 0.0499 e. The van der Waals surface area contributed by atoms with Crippen LogP contribution in [0.4, 0.5) is 5.69 Å². The molecule has 0 radical (unpaired) electrons. The van der Waals surface area contributed by atoms with Crippen LogP contribution in [0.25, 0.3) is 0 Å². The molecule has 0 aromatic heterocycles. The second-order valence-corrected chi connectivity index (χ2v) is 4.40. The third-order valence-electron chi connectivity index (χ3n) is 2.82. The van der Waals surface area contributed by atoms with Gasteiger partial charge in [0.1, 0.15) is 0 Å². The molecule has 2 rings (SSSR count). The molecule has 3 heteroatoms. The van der Waals surface area contributed by atoms with Crippen molar-refractivity contribution in [3.63, 3.8) is 0 Å². The lowest BCUT2D eigenvalue weighted by Gasteiger charge is -2.16. The smallest absolute Gasteiger partial charge is 0.0499 e. The van der Waals surface area contributed by atoms with Crippen molar-refractivity contribution < 1.29 is 0 Å². The molecule has 0 spiro atoms. The van der Waals surface area contributed by atoms with Gasteiger partial charge in [-0.1, -0.05) is 29.8 Å². The molecule has 2 nitrogen and oxygen atoms in total. The van der Waals surface area contributed by atoms with Crippen LogP contribution in [0.1, 0.15) is 19.3 Å². The molecule has 1 aliphatic carbocycles. The lowest BCUT2D eigenvalue weighted by Crippen LogP contribution is -2.02. The number of hydrogen-bond acceptors (Lipinski definition) is 2. The number of rotatable bonds is 3. The highest BCUT2D eigenvalue weighted by Crippen LogP contribution is 2.31. The van der Waals surface area contributed by atoms with E-state index in [0.717, 1.165) is 41.1 Å². The number of nitrogens with one attached hydrogen (secondary N) is 2. The Morgan fingerprint density at radius 2 is 1.94 bits per heavy atom. The van der Waals surface area contributed by atoms with Crippen LogP contribution < -0.4 is 5.32 Å². The van der Waals surface area contributed by atoms with Gasteiger partial charge in [-0.15, -0.1) is 0 Å². The molecule has 1 aromatic carbocycles. The minimum atomic E-state index is 0.731. The highest BCUT2D eigenvalue weighted by atomic mass is 35.5. The fourth-order valence-electron chi connectivity index (χ4n) is 1.87. The average Bonchev–Trinajstić information content (AvgIpc) is 2.39. The first-order valence-corrected chi connectivity index (χ1v) is 6.09. The quantitative estimate of drug-likeness (QED) is 0.766. The standard InChI is InChI=1S/C14H15ClN2/c15-14-11(9-16)5-4-6-12(14)10-17-13-7-2-1-3-8-13/h1-3,7-10,16-17H,4-6H2/b12-10+,16-9?. The van der Waals surface area contributed by atoms with Crippen LogP contribution in [0.2, 0.25) is 0 Å². The normalized spacial score (nSPS) is 18.3. The van der Waals surface area contributed by atoms with E-state index in [2.05, 4.69) is 5.32 Å². The monoisotopic (exact) mass is 246 g/mol. The van der Waals surface area contributed by atoms with E-state index in [-0.39, 0.29) is 0 Å². The predicted molar refractivity (Wildman–Crippen MR) is 73.7 cm³/mol. The summed E-state index contributed by atoms with van der Waals surface area (Å²) >= 11 is 6.24. The zero-order valence-electron chi connectivity index (χ0n) is 9.54. The average molecular weight is 247 g/mol. The fourth-order valence-corrected chi connectivity index (χ4v) is 2.17. The predicted octanol–water partition coefficient (Wildman–Crippen LogP) is 4.31. The van der Waals surface area contributed by atoms with Crippen LogP contribution in [-0.2, 0) is 0 Å². The van der Waals surface area contributed by atoms with Crippen LogP contribution in [0.15, 0.2) is 52.7 Å². The fraction of sp³-hybridized carbons (Fsp3) is 0.214. The zero-order chi connectivity index (χ0) is 12.1. The van der Waals surface area contributed by atoms with Crippen molar-refractivity contribution in [3.8, 4) is 0 Å². The Morgan fingerprint density at radius 3 is 2.65 bits per heavy atom. The van der Waals surface area contributed by atoms with Crippen LogP contribution in [0.5, 0.6) is 0 Å². The molecule has 0 saturated carbocycles. The Kier molecular flexibility index (Phi) is 3.99. The maximum absolute atomic E-state index is 7.30. The van der Waals surface area contributed by atoms with Gasteiger partial charge in [-0.25, -0.2) is 0 Å². The Balaban J connectivity index is 2.15. The van der Waals surface area contributed by atoms with E-state index < -0.39 is 0 Å². The molecule has 0 heterocycles. The van der Waals surface area contributed by atoms with E-state index in [0.29, 0.717) is 0 Å². The van der Waals surface area contributed by atoms with Crippen molar-refractivity contribution in [2.45, 2.75) is 19.3 Å². The highest BCUT2D eigenvalue weighted by Gasteiger charge is 2.13. The highest BCUT2D eigenvalue weighted by molar-refractivity contribution is 6.33. The second kappa shape index (κ2) is 5.69. The van der Waals surface area contributed by atoms with Gasteiger partial charge in [0.2, 0.25) is 0 Å². The van der Waals surface area contributed by atoms with Gasteiger partial charge in [0.25, 0.3) is 0 Å². The van der Waals surface area contributed by atoms with E-state index in [1.54, 1.807) is 0 Å². The number of allylic oxidation sites excluding steroid dienone is 3. The zero-order valence-corrected chi connectivity index (χ0v) is 10.3. The molecular weight excluding hydrogens is 232 g/mol. The summed E-state index contributed by atoms with van der Waals surface area (Å²) in [4.78, 5) is 0. The van der Waals surface area contributed by atoms with Crippen molar-refractivity contribution in [1.82, 2.24) is 0 Å². The number of benzene rings is 1. The summed E-state index contributed by atoms with van der Waals surface area (Å²) in [5.74, 6) is 0. The summed E-state index contributed by atoms with van der Waals surface area (Å²) < 4.78 is 0. The summed E-state index contributed by atoms with van der Waals surface area (Å²) in [6, 6.07) is 9.98. The first-order valence-electron chi connectivity index (χ1n) is 5.71. The van der Waals surface area contributed by atoms with Crippen LogP contribution in [-0.4, -0.2) is 6.21 Å². The molecule has 0 fully saturated rings. The van der Waals surface area contributed by atoms with Gasteiger partial charge in [-0.3, -0.25) is 0 Å². The third-order valence-corrected chi connectivity index (χ3v) is 3.30. The van der Waals surface area contributed by atoms with Crippen molar-refractivity contribution in [1.29, 1.82) is 5.41 Å². The number of halogens is 1. The van der Waals surface area contributed by atoms with E-state index in [4.69, 9.17) is 17.0 Å². The minimum Gasteiger partial charge on any atom is -0.361 e. The molecule has 17 heavy (non-hydrogen) atoms. The van der Waals surface area contributed by atoms with Crippen molar-refractivity contribution in [2.75, 3.05) is 5.32 Å². The largest absolute Gasteiger partial charge is 0.361 e. The molecule has 0 amide bonds. The molecule has 2 N–H and O–H groups in total. The molecule has 0 unspecified atom stereocenters. The van der Waals surface area contributed by atoms with Gasteiger partial charge in [0, 0.05) is 23.1 Å². The lowest BCUT2D eigenvalue weighted by atomic mass is 9.96. The van der Waals surface area contributed by atoms with Crippen molar-refractivity contribution in [2.24, 2.45) is 0 Å². The van der Waals surface area contributed by atoms with Crippen molar-refractivity contribution >= 4 is 23.5 Å². The van der Waals surface area contributed by atoms with Crippen LogP contribution in [0, 0.1) is 5.41 Å². The lowest BCUT2D eigenvalue weighted by molar-refractivity contribution is 0.799. The molecule has 1 aliphatic rings. The maximum atomic E-state index is 7.30. The van der Waals surface area contributed by atoms with E-state index in [9.17, 15) is 0 Å². The summed E-state index contributed by atoms with van der Waals surface area (Å²) in [5.41, 5.74) is 3.06. The van der Waals surface area contributed by atoms with Crippen LogP contribution >= 0.6 is 11.6 Å². The number of hydrogen-bond donors (Lipinski definition) is 2. The first-order chi connectivity index (χ1) is 8.31. The second-order valence-electron chi connectivity index (χ2n) is 4.02. The Bertz CT molecular complexity index is 460. The molecule has 0 atom stereocenters. The van der Waals surface area contributed by atoms with Gasteiger partial charge < -0.3 is 10.7 Å². The Hall–Kier alpha value is -1.54. The summed E-state index contributed by atoms with van der Waals surface area (Å²) in [6.07, 6.45) is 6.24. The van der Waals surface area contributed by atoms with Gasteiger partial charge >= 0.3 is 0 Å². The van der Waals surface area contributed by atoms with Gasteiger partial charge in [-0.05, 0) is 42.5 Å². The molecule has 0 bridgehead atoms. The number of para-hydroxylation sites is 1. The summed E-state index contributed by atoms with van der Waals surface area (Å²) in [5, 5.41) is 11.3. The Labute approximate surface area is 107 Å². The van der Waals surface area contributed by atoms with E-state index in [1.165, 1.54) is 6.21 Å². The molecule has 0 saturated heterocycles. The summed E-state index contributed by atoms with van der Waals surface area (Å²) in [6.45, 7) is 0. The Morgan fingerprint density at radius 1 is 1.18 bits per heavy atom. The van der Waals surface area contributed by atoms with E-state index >= 15 is 0 Å². The number of anilines is 1. The van der Waals surface area contributed by atoms with Gasteiger partial charge in [-0.2, -0.15) is 0 Å².